The Morgan fingerprint density at radius 2 is 1.91 bits per heavy atom. The second kappa shape index (κ2) is 15.9. The third-order valence-electron chi connectivity index (χ3n) is 6.54. The number of ether oxygens (including phenoxy) is 2. The number of amides is 1. The Hall–Kier alpha value is -4.21. The smallest absolute Gasteiger partial charge is 0.469 e. The molecule has 0 saturated carbocycles. The Bertz CT molecular complexity index is 1690. The first kappa shape index (κ1) is 34.7. The lowest BCUT2D eigenvalue weighted by Gasteiger charge is -2.24. The van der Waals surface area contributed by atoms with Crippen LogP contribution in [0.4, 0.5) is 26.1 Å². The molecule has 4 aromatic rings. The fourth-order valence-corrected chi connectivity index (χ4v) is 4.93. The highest BCUT2D eigenvalue weighted by atomic mass is 31.2. The summed E-state index contributed by atoms with van der Waals surface area (Å²) < 4.78 is 54.5. The van der Waals surface area contributed by atoms with Crippen LogP contribution in [0.15, 0.2) is 42.7 Å². The van der Waals surface area contributed by atoms with Gasteiger partial charge >= 0.3 is 7.82 Å². The van der Waals surface area contributed by atoms with E-state index in [0.29, 0.717) is 71.8 Å². The van der Waals surface area contributed by atoms with Gasteiger partial charge in [-0.2, -0.15) is 5.10 Å². The third kappa shape index (κ3) is 10.2. The number of aromatic amines is 1. The Kier molecular flexibility index (Phi) is 12.0. The van der Waals surface area contributed by atoms with E-state index in [1.807, 2.05) is 0 Å². The molecule has 46 heavy (non-hydrogen) atoms. The molecule has 2 aromatic carbocycles. The summed E-state index contributed by atoms with van der Waals surface area (Å²) in [6.07, 6.45) is 1.84. The number of anilines is 3. The van der Waals surface area contributed by atoms with Crippen molar-refractivity contribution < 1.29 is 41.9 Å². The lowest BCUT2D eigenvalue weighted by atomic mass is 10.2. The van der Waals surface area contributed by atoms with Crippen molar-refractivity contribution in [2.24, 2.45) is 5.92 Å². The van der Waals surface area contributed by atoms with E-state index in [4.69, 9.17) is 19.3 Å². The number of hydrogen-bond donors (Lipinski definition) is 5. The number of halogens is 2. The summed E-state index contributed by atoms with van der Waals surface area (Å²) in [4.78, 5) is 41.0. The number of phosphoric acid groups is 1. The number of H-pyrrole nitrogens is 1. The predicted octanol–water partition coefficient (Wildman–Crippen LogP) is 4.40. The number of aromatic nitrogens is 4. The van der Waals surface area contributed by atoms with Crippen molar-refractivity contribution in [2.45, 2.75) is 26.7 Å². The van der Waals surface area contributed by atoms with E-state index in [2.05, 4.69) is 54.1 Å². The normalized spacial score (nSPS) is 11.8. The van der Waals surface area contributed by atoms with Crippen LogP contribution in [0.3, 0.4) is 0 Å². The van der Waals surface area contributed by atoms with E-state index >= 15 is 0 Å². The van der Waals surface area contributed by atoms with Gasteiger partial charge in [-0.25, -0.2) is 23.3 Å². The van der Waals surface area contributed by atoms with Gasteiger partial charge in [0, 0.05) is 42.8 Å². The summed E-state index contributed by atoms with van der Waals surface area (Å²) >= 11 is 0. The monoisotopic (exact) mass is 663 g/mol. The second-order valence-corrected chi connectivity index (χ2v) is 11.9. The molecule has 5 N–H and O–H groups in total. The molecule has 0 aliphatic rings. The number of carbonyl (C=O) groups is 1. The van der Waals surface area contributed by atoms with Gasteiger partial charge in [0.05, 0.1) is 37.9 Å². The average Bonchev–Trinajstić information content (AvgIpc) is 3.42. The first-order valence-electron chi connectivity index (χ1n) is 14.3. The van der Waals surface area contributed by atoms with Crippen molar-refractivity contribution in [1.82, 2.24) is 25.1 Å². The zero-order chi connectivity index (χ0) is 33.3. The molecule has 0 aliphatic heterocycles. The molecule has 0 radical (unpaired) electrons. The minimum absolute atomic E-state index is 0.0842. The minimum atomic E-state index is -4.52. The Morgan fingerprint density at radius 1 is 1.11 bits per heavy atom. The van der Waals surface area contributed by atoms with Crippen LogP contribution < -0.4 is 20.1 Å². The van der Waals surface area contributed by atoms with Crippen LogP contribution in [0, 0.1) is 17.6 Å². The number of carbonyl (C=O) groups excluding carboxylic acids is 1. The largest absolute Gasteiger partial charge is 0.493 e. The van der Waals surface area contributed by atoms with Gasteiger partial charge in [0.1, 0.15) is 12.1 Å². The molecule has 14 nitrogen and oxygen atoms in total. The number of nitrogens with one attached hydrogen (secondary N) is 3. The van der Waals surface area contributed by atoms with Crippen molar-refractivity contribution in [3.05, 3.63) is 60.1 Å². The lowest BCUT2D eigenvalue weighted by molar-refractivity contribution is -0.115. The number of methoxy groups -OCH3 is 1. The van der Waals surface area contributed by atoms with Crippen LogP contribution in [0.2, 0.25) is 0 Å². The first-order chi connectivity index (χ1) is 21.9. The molecule has 0 aliphatic carbocycles. The molecule has 0 unspecified atom stereocenters. The van der Waals surface area contributed by atoms with Crippen LogP contribution >= 0.6 is 7.82 Å². The van der Waals surface area contributed by atoms with Crippen molar-refractivity contribution >= 4 is 42.0 Å². The molecule has 1 amide bonds. The van der Waals surface area contributed by atoms with Gasteiger partial charge < -0.3 is 34.8 Å². The summed E-state index contributed by atoms with van der Waals surface area (Å²) in [6.45, 7) is 6.11. The third-order valence-corrected chi connectivity index (χ3v) is 7.06. The standard InChI is InChI=1S/C29H36F2N7O7P/c1-18(2)16-38(9-11-45-46(40,41)42)8-5-10-44-25-15-23-20(14-24(25)43-3)29(33-17-32-23)35-26-12-19(36-37-26)13-27(39)34-22-7-4-6-21(30)28(22)31/h4,6-7,12,14-15,17-18H,5,8-11,13,16H2,1-3H3,(H,34,39)(H2,40,41,42)(H2,32,33,35,36,37). The SMILES string of the molecule is COc1cc2c(Nc3cc(CC(=O)Nc4cccc(F)c4F)[nH]n3)ncnc2cc1OCCCN(CCOP(=O)(O)O)CC(C)C. The molecular formula is C29H36F2N7O7P. The number of hydrogen-bond acceptors (Lipinski definition) is 10. The Morgan fingerprint density at radius 3 is 2.65 bits per heavy atom. The number of benzene rings is 2. The van der Waals surface area contributed by atoms with Gasteiger partial charge in [0.15, 0.2) is 29.0 Å². The maximum Gasteiger partial charge on any atom is 0.469 e. The van der Waals surface area contributed by atoms with Gasteiger partial charge in [-0.15, -0.1) is 0 Å². The van der Waals surface area contributed by atoms with Gasteiger partial charge in [-0.1, -0.05) is 19.9 Å². The van der Waals surface area contributed by atoms with Crippen molar-refractivity contribution in [3.8, 4) is 11.5 Å². The Labute approximate surface area is 263 Å². The number of phosphoric ester groups is 1. The summed E-state index contributed by atoms with van der Waals surface area (Å²) in [5.41, 5.74) is 0.730. The molecule has 0 atom stereocenters. The molecular weight excluding hydrogens is 627 g/mol. The summed E-state index contributed by atoms with van der Waals surface area (Å²) in [6, 6.07) is 8.57. The number of rotatable bonds is 17. The summed E-state index contributed by atoms with van der Waals surface area (Å²) in [5.74, 6) is -0.716. The van der Waals surface area contributed by atoms with Crippen LogP contribution in [-0.4, -0.2) is 80.7 Å². The van der Waals surface area contributed by atoms with Crippen LogP contribution in [0.1, 0.15) is 26.0 Å². The molecule has 2 heterocycles. The molecule has 0 fully saturated rings. The Balaban J connectivity index is 1.37. The number of nitrogens with zero attached hydrogens (tertiary/aromatic N) is 4. The maximum atomic E-state index is 13.9. The molecule has 2 aromatic heterocycles. The fourth-order valence-electron chi connectivity index (χ4n) is 4.61. The molecule has 0 spiro atoms. The lowest BCUT2D eigenvalue weighted by Crippen LogP contribution is -2.32. The fraction of sp³-hybridized carbons (Fsp3) is 0.379. The summed E-state index contributed by atoms with van der Waals surface area (Å²) in [7, 11) is -3.01. The minimum Gasteiger partial charge on any atom is -0.493 e. The highest BCUT2D eigenvalue weighted by Gasteiger charge is 2.17. The van der Waals surface area contributed by atoms with Crippen LogP contribution in [0.25, 0.3) is 10.9 Å². The van der Waals surface area contributed by atoms with Gasteiger partial charge in [-0.3, -0.25) is 14.4 Å². The van der Waals surface area contributed by atoms with E-state index in [1.165, 1.54) is 25.6 Å². The van der Waals surface area contributed by atoms with E-state index in [-0.39, 0.29) is 18.7 Å². The predicted molar refractivity (Wildman–Crippen MR) is 166 cm³/mol. The zero-order valence-electron chi connectivity index (χ0n) is 25.5. The molecule has 17 heteroatoms. The topological polar surface area (TPSA) is 184 Å². The highest BCUT2D eigenvalue weighted by molar-refractivity contribution is 7.46. The van der Waals surface area contributed by atoms with E-state index in [1.54, 1.807) is 18.2 Å². The van der Waals surface area contributed by atoms with E-state index in [0.717, 1.165) is 12.6 Å². The maximum absolute atomic E-state index is 13.9. The van der Waals surface area contributed by atoms with E-state index < -0.39 is 25.4 Å². The molecule has 0 bridgehead atoms. The van der Waals surface area contributed by atoms with Crippen molar-refractivity contribution in [2.75, 3.05) is 50.6 Å². The van der Waals surface area contributed by atoms with Crippen LogP contribution in [-0.2, 0) is 20.3 Å². The number of fused-ring (bicyclic) bond motifs is 1. The summed E-state index contributed by atoms with van der Waals surface area (Å²) in [5, 5.41) is 12.9. The van der Waals surface area contributed by atoms with Gasteiger partial charge in [0.2, 0.25) is 5.91 Å². The first-order valence-corrected chi connectivity index (χ1v) is 15.9. The quantitative estimate of drug-likeness (QED) is 0.0794. The van der Waals surface area contributed by atoms with Gasteiger partial charge in [0.25, 0.3) is 0 Å². The van der Waals surface area contributed by atoms with Crippen molar-refractivity contribution in [1.29, 1.82) is 0 Å². The second-order valence-electron chi connectivity index (χ2n) is 10.7. The van der Waals surface area contributed by atoms with Crippen molar-refractivity contribution in [3.63, 3.8) is 0 Å². The van der Waals surface area contributed by atoms with Crippen LogP contribution in [0.5, 0.6) is 11.5 Å². The highest BCUT2D eigenvalue weighted by Crippen LogP contribution is 2.36. The molecule has 4 rings (SSSR count). The average molecular weight is 664 g/mol. The van der Waals surface area contributed by atoms with Gasteiger partial charge in [-0.05, 0) is 30.5 Å². The zero-order valence-corrected chi connectivity index (χ0v) is 26.4. The molecule has 0 saturated heterocycles. The molecule has 248 valence electrons. The van der Waals surface area contributed by atoms with E-state index in [9.17, 15) is 18.1 Å².